The van der Waals surface area contributed by atoms with Gasteiger partial charge < -0.3 is 5.11 Å². The molecule has 0 bridgehead atoms. The summed E-state index contributed by atoms with van der Waals surface area (Å²) in [5.74, 6) is -0.863. The van der Waals surface area contributed by atoms with E-state index in [0.29, 0.717) is 29.6 Å². The van der Waals surface area contributed by atoms with Gasteiger partial charge in [-0.1, -0.05) is 43.1 Å². The van der Waals surface area contributed by atoms with Crippen molar-refractivity contribution in [3.05, 3.63) is 86.3 Å². The van der Waals surface area contributed by atoms with Gasteiger partial charge in [-0.05, 0) is 43.2 Å². The highest BCUT2D eigenvalue weighted by Crippen LogP contribution is 2.48. The Morgan fingerprint density at radius 2 is 1.70 bits per heavy atom. The zero-order chi connectivity index (χ0) is 23.9. The fourth-order valence-electron chi connectivity index (χ4n) is 4.21. The molecule has 2 heterocycles. The Morgan fingerprint density at radius 1 is 1.00 bits per heavy atom. The van der Waals surface area contributed by atoms with Crippen LogP contribution in [0.4, 0.5) is 13.2 Å². The molecule has 0 saturated heterocycles. The van der Waals surface area contributed by atoms with Crippen molar-refractivity contribution in [3.63, 3.8) is 0 Å². The molecule has 4 rings (SSSR count). The van der Waals surface area contributed by atoms with E-state index in [1.54, 1.807) is 18.3 Å². The van der Waals surface area contributed by atoms with E-state index in [4.69, 9.17) is 23.2 Å². The smallest absolute Gasteiger partial charge is 0.416 e. The van der Waals surface area contributed by atoms with E-state index in [2.05, 4.69) is 15.2 Å². The van der Waals surface area contributed by atoms with Crippen molar-refractivity contribution >= 4 is 34.1 Å². The molecule has 33 heavy (non-hydrogen) atoms. The van der Waals surface area contributed by atoms with Crippen LogP contribution in [0.1, 0.15) is 53.4 Å². The van der Waals surface area contributed by atoms with E-state index in [-0.39, 0.29) is 21.4 Å². The van der Waals surface area contributed by atoms with Crippen LogP contribution in [-0.2, 0) is 19.0 Å². The second-order valence-electron chi connectivity index (χ2n) is 7.63. The zero-order valence-corrected chi connectivity index (χ0v) is 19.3. The molecule has 2 aromatic heterocycles. The Labute approximate surface area is 198 Å². The van der Waals surface area contributed by atoms with Crippen molar-refractivity contribution in [2.45, 2.75) is 38.8 Å². The van der Waals surface area contributed by atoms with Crippen LogP contribution < -0.4 is 0 Å². The number of fused-ring (bicyclic) bond motifs is 1. The summed E-state index contributed by atoms with van der Waals surface area (Å²) in [4.78, 5) is 4.47. The number of alkyl halides is 3. The summed E-state index contributed by atoms with van der Waals surface area (Å²) in [7, 11) is 0. The highest BCUT2D eigenvalue weighted by Gasteiger charge is 2.36. The van der Waals surface area contributed by atoms with Gasteiger partial charge >= 0.3 is 6.18 Å². The standard InChI is InChI=1S/C24H20Cl2F3N3O/c1-3-16-20(17(4-2)32-31-16)22(19-14(25)10-13(11-15(19)26)24(27,28)29)21-18(33)8-7-12-6-5-9-30-23(12)21/h5-11,22,33H,3-4H2,1-2H3,(H,31,32). The van der Waals surface area contributed by atoms with Crippen LogP contribution in [0.2, 0.25) is 10.0 Å². The minimum Gasteiger partial charge on any atom is -0.508 e. The fraction of sp³-hybridized carbons (Fsp3) is 0.250. The maximum Gasteiger partial charge on any atom is 0.416 e. The second kappa shape index (κ2) is 8.88. The largest absolute Gasteiger partial charge is 0.508 e. The molecule has 4 nitrogen and oxygen atoms in total. The third-order valence-corrected chi connectivity index (χ3v) is 6.34. The van der Waals surface area contributed by atoms with Crippen molar-refractivity contribution in [3.8, 4) is 5.75 Å². The van der Waals surface area contributed by atoms with Crippen molar-refractivity contribution in [2.75, 3.05) is 0 Å². The normalized spacial score (nSPS) is 12.9. The fourth-order valence-corrected chi connectivity index (χ4v) is 4.91. The van der Waals surface area contributed by atoms with Crippen LogP contribution in [0.5, 0.6) is 5.75 Å². The lowest BCUT2D eigenvalue weighted by atomic mass is 9.81. The first-order chi connectivity index (χ1) is 15.7. The van der Waals surface area contributed by atoms with Crippen molar-refractivity contribution in [1.82, 2.24) is 15.2 Å². The molecule has 0 amide bonds. The topological polar surface area (TPSA) is 61.8 Å². The Hall–Kier alpha value is -2.77. The maximum absolute atomic E-state index is 13.4. The van der Waals surface area contributed by atoms with Gasteiger partial charge in [-0.25, -0.2) is 0 Å². The van der Waals surface area contributed by atoms with Gasteiger partial charge in [-0.15, -0.1) is 0 Å². The van der Waals surface area contributed by atoms with Gasteiger partial charge in [0.25, 0.3) is 0 Å². The zero-order valence-electron chi connectivity index (χ0n) is 17.8. The number of aryl methyl sites for hydroxylation is 2. The number of nitrogens with zero attached hydrogens (tertiary/aromatic N) is 2. The molecule has 2 aromatic carbocycles. The van der Waals surface area contributed by atoms with E-state index < -0.39 is 17.7 Å². The third kappa shape index (κ3) is 4.15. The molecule has 0 radical (unpaired) electrons. The maximum atomic E-state index is 13.4. The minimum absolute atomic E-state index is 0.0662. The lowest BCUT2D eigenvalue weighted by Crippen LogP contribution is -2.12. The van der Waals surface area contributed by atoms with Crippen LogP contribution in [0, 0.1) is 0 Å². The number of phenols is 1. The summed E-state index contributed by atoms with van der Waals surface area (Å²) in [5, 5.41) is 18.9. The third-order valence-electron chi connectivity index (χ3n) is 5.71. The summed E-state index contributed by atoms with van der Waals surface area (Å²) in [6.07, 6.45) is -1.89. The van der Waals surface area contributed by atoms with E-state index >= 15 is 0 Å². The molecule has 172 valence electrons. The molecule has 0 aliphatic rings. The molecule has 0 saturated carbocycles. The van der Waals surface area contributed by atoms with Gasteiger partial charge in [0.1, 0.15) is 5.75 Å². The second-order valence-corrected chi connectivity index (χ2v) is 8.44. The lowest BCUT2D eigenvalue weighted by molar-refractivity contribution is -0.137. The van der Waals surface area contributed by atoms with Crippen molar-refractivity contribution < 1.29 is 18.3 Å². The SMILES string of the molecule is CCc1n[nH]c(CC)c1C(c1c(Cl)cc(C(F)(F)F)cc1Cl)c1c(O)ccc2cccnc12. The minimum atomic E-state index is -4.61. The Balaban J connectivity index is 2.13. The Kier molecular flexibility index (Phi) is 6.29. The first-order valence-electron chi connectivity index (χ1n) is 10.4. The first-order valence-corrected chi connectivity index (χ1v) is 11.1. The van der Waals surface area contributed by atoms with Crippen LogP contribution >= 0.6 is 23.2 Å². The molecule has 9 heteroatoms. The lowest BCUT2D eigenvalue weighted by Gasteiger charge is -2.25. The predicted molar refractivity (Wildman–Crippen MR) is 123 cm³/mol. The van der Waals surface area contributed by atoms with Gasteiger partial charge in [0.2, 0.25) is 0 Å². The quantitative estimate of drug-likeness (QED) is 0.306. The van der Waals surface area contributed by atoms with E-state index in [0.717, 1.165) is 28.8 Å². The summed E-state index contributed by atoms with van der Waals surface area (Å²) in [6, 6.07) is 8.60. The molecule has 1 unspecified atom stereocenters. The Morgan fingerprint density at radius 3 is 2.30 bits per heavy atom. The molecular formula is C24H20Cl2F3N3O. The molecule has 0 aliphatic carbocycles. The average molecular weight is 494 g/mol. The van der Waals surface area contributed by atoms with Gasteiger partial charge in [0.05, 0.1) is 16.8 Å². The molecule has 4 aromatic rings. The number of halogens is 5. The average Bonchev–Trinajstić information content (AvgIpc) is 3.19. The van der Waals surface area contributed by atoms with Crippen LogP contribution in [-0.4, -0.2) is 20.3 Å². The number of nitrogens with one attached hydrogen (secondary N) is 1. The van der Waals surface area contributed by atoms with E-state index in [1.165, 1.54) is 6.07 Å². The van der Waals surface area contributed by atoms with E-state index in [1.807, 2.05) is 19.9 Å². The van der Waals surface area contributed by atoms with Crippen LogP contribution in [0.15, 0.2) is 42.6 Å². The number of hydrogen-bond acceptors (Lipinski definition) is 3. The van der Waals surface area contributed by atoms with Crippen molar-refractivity contribution in [1.29, 1.82) is 0 Å². The number of phenolic OH excluding ortho intramolecular Hbond substituents is 1. The number of rotatable bonds is 5. The number of hydrogen-bond donors (Lipinski definition) is 2. The Bertz CT molecular complexity index is 1290. The molecule has 2 N–H and O–H groups in total. The number of pyridine rings is 1. The molecule has 1 atom stereocenters. The monoisotopic (exact) mass is 493 g/mol. The summed E-state index contributed by atoms with van der Waals surface area (Å²) in [5.41, 5.74) is 2.41. The predicted octanol–water partition coefficient (Wildman–Crippen LogP) is 7.29. The molecular weight excluding hydrogens is 474 g/mol. The summed E-state index contributed by atoms with van der Waals surface area (Å²) < 4.78 is 40.2. The highest BCUT2D eigenvalue weighted by molar-refractivity contribution is 6.36. The number of aromatic nitrogens is 3. The van der Waals surface area contributed by atoms with Gasteiger partial charge in [-0.3, -0.25) is 10.1 Å². The van der Waals surface area contributed by atoms with Crippen LogP contribution in [0.3, 0.4) is 0 Å². The molecule has 0 spiro atoms. The van der Waals surface area contributed by atoms with E-state index in [9.17, 15) is 18.3 Å². The van der Waals surface area contributed by atoms with Gasteiger partial charge in [0.15, 0.2) is 0 Å². The van der Waals surface area contributed by atoms with Crippen molar-refractivity contribution in [2.24, 2.45) is 0 Å². The molecule has 0 fully saturated rings. The summed E-state index contributed by atoms with van der Waals surface area (Å²) in [6.45, 7) is 3.86. The number of aromatic amines is 1. The number of aromatic hydroxyl groups is 1. The highest BCUT2D eigenvalue weighted by atomic mass is 35.5. The summed E-state index contributed by atoms with van der Waals surface area (Å²) >= 11 is 13.0. The van der Waals surface area contributed by atoms with Gasteiger partial charge in [-0.2, -0.15) is 18.3 Å². The first kappa shape index (κ1) is 23.4. The molecule has 0 aliphatic heterocycles. The van der Waals surface area contributed by atoms with Crippen LogP contribution in [0.25, 0.3) is 10.9 Å². The van der Waals surface area contributed by atoms with Gasteiger partial charge in [0, 0.05) is 49.9 Å². The number of benzene rings is 2. The number of H-pyrrole nitrogens is 1.